The van der Waals surface area contributed by atoms with E-state index in [4.69, 9.17) is 11.1 Å². The second-order valence-electron chi connectivity index (χ2n) is 6.51. The van der Waals surface area contributed by atoms with Gasteiger partial charge in [-0.3, -0.25) is 5.41 Å². The molecule has 3 rings (SSSR count). The van der Waals surface area contributed by atoms with Crippen molar-refractivity contribution < 1.29 is 0 Å². The van der Waals surface area contributed by atoms with Crippen LogP contribution < -0.4 is 11.1 Å². The van der Waals surface area contributed by atoms with Gasteiger partial charge in [-0.1, -0.05) is 6.92 Å². The zero-order valence-electron chi connectivity index (χ0n) is 14.3. The summed E-state index contributed by atoms with van der Waals surface area (Å²) >= 11 is 0. The lowest BCUT2D eigenvalue weighted by molar-refractivity contribution is 0.836. The Hall–Kier alpha value is -2.23. The fourth-order valence-electron chi connectivity index (χ4n) is 3.44. The summed E-state index contributed by atoms with van der Waals surface area (Å²) in [5.41, 5.74) is 14.1. The molecule has 5 N–H and O–H groups in total. The number of hydrogen-bond acceptors (Lipinski definition) is 3. The molecule has 0 atom stereocenters. The Balaban J connectivity index is 2.15. The molecule has 23 heavy (non-hydrogen) atoms. The summed E-state index contributed by atoms with van der Waals surface area (Å²) in [5.74, 6) is 0. The van der Waals surface area contributed by atoms with Gasteiger partial charge >= 0.3 is 0 Å². The summed E-state index contributed by atoms with van der Waals surface area (Å²) in [6, 6.07) is 4.43. The van der Waals surface area contributed by atoms with Gasteiger partial charge in [0.25, 0.3) is 0 Å². The Morgan fingerprint density at radius 1 is 1.35 bits per heavy atom. The number of rotatable bonds is 3. The average Bonchev–Trinajstić information content (AvgIpc) is 2.77. The molecule has 0 saturated heterocycles. The van der Waals surface area contributed by atoms with Crippen molar-refractivity contribution in [1.82, 2.24) is 4.98 Å². The third-order valence-corrected chi connectivity index (χ3v) is 4.70. The van der Waals surface area contributed by atoms with E-state index < -0.39 is 0 Å². The van der Waals surface area contributed by atoms with Gasteiger partial charge in [0.2, 0.25) is 0 Å². The molecule has 0 unspecified atom stereocenters. The van der Waals surface area contributed by atoms with E-state index in [0.29, 0.717) is 5.71 Å². The first-order chi connectivity index (χ1) is 11.0. The third kappa shape index (κ3) is 2.74. The van der Waals surface area contributed by atoms with E-state index in [2.05, 4.69) is 36.3 Å². The third-order valence-electron chi connectivity index (χ3n) is 4.70. The highest BCUT2D eigenvalue weighted by atomic mass is 14.9. The highest BCUT2D eigenvalue weighted by Crippen LogP contribution is 2.33. The number of nitrogens with two attached hydrogens (primary N) is 1. The smallest absolute Gasteiger partial charge is 0.0826 e. The molecule has 1 aliphatic carbocycles. The highest BCUT2D eigenvalue weighted by Gasteiger charge is 2.22. The Morgan fingerprint density at radius 3 is 2.83 bits per heavy atom. The van der Waals surface area contributed by atoms with Gasteiger partial charge in [-0.05, 0) is 68.4 Å². The van der Waals surface area contributed by atoms with Gasteiger partial charge in [-0.15, -0.1) is 0 Å². The SMILES string of the molecule is CCCNc1cc2c3c([nH]c2cc1C)C(=N)/C(=C(/C)N)CCC3. The molecule has 0 amide bonds. The number of allylic oxidation sites excluding steroid dienone is 2. The van der Waals surface area contributed by atoms with Crippen molar-refractivity contribution in [2.75, 3.05) is 11.9 Å². The molecular formula is C19H26N4. The lowest BCUT2D eigenvalue weighted by Gasteiger charge is -2.09. The van der Waals surface area contributed by atoms with Gasteiger partial charge in [0.05, 0.1) is 11.4 Å². The molecule has 1 aromatic heterocycles. The van der Waals surface area contributed by atoms with Crippen molar-refractivity contribution in [3.63, 3.8) is 0 Å². The number of aryl methyl sites for hydroxylation is 2. The van der Waals surface area contributed by atoms with E-state index in [9.17, 15) is 0 Å². The number of benzene rings is 1. The number of fused-ring (bicyclic) bond motifs is 3. The number of H-pyrrole nitrogens is 1. The molecule has 0 saturated carbocycles. The first-order valence-corrected chi connectivity index (χ1v) is 8.46. The normalized spacial score (nSPS) is 17.1. The molecule has 122 valence electrons. The van der Waals surface area contributed by atoms with Crippen LogP contribution in [0.25, 0.3) is 10.9 Å². The van der Waals surface area contributed by atoms with Gasteiger partial charge in [0.15, 0.2) is 0 Å². The maximum absolute atomic E-state index is 8.56. The molecule has 1 aliphatic rings. The molecule has 4 nitrogen and oxygen atoms in total. The van der Waals surface area contributed by atoms with Crippen LogP contribution in [-0.4, -0.2) is 17.2 Å². The molecule has 1 aromatic carbocycles. The molecule has 1 heterocycles. The van der Waals surface area contributed by atoms with Crippen LogP contribution in [-0.2, 0) is 6.42 Å². The minimum Gasteiger partial charge on any atom is -0.402 e. The van der Waals surface area contributed by atoms with E-state index in [1.165, 1.54) is 22.2 Å². The maximum atomic E-state index is 8.56. The average molecular weight is 310 g/mol. The lowest BCUT2D eigenvalue weighted by Crippen LogP contribution is -2.09. The molecule has 0 bridgehead atoms. The summed E-state index contributed by atoms with van der Waals surface area (Å²) in [4.78, 5) is 3.47. The molecule has 0 spiro atoms. The monoisotopic (exact) mass is 310 g/mol. The zero-order chi connectivity index (χ0) is 16.6. The van der Waals surface area contributed by atoms with Gasteiger partial charge in [-0.2, -0.15) is 0 Å². The predicted molar refractivity (Wildman–Crippen MR) is 98.5 cm³/mol. The standard InChI is InChI=1S/C19H26N4/c1-4-8-22-16-10-15-14-7-5-6-13(12(3)20)18(21)19(14)23-17(15)9-11(16)2/h9-10,21-23H,4-8,20H2,1-3H3/b13-12-,21-18?. The number of nitrogens with one attached hydrogen (secondary N) is 3. The van der Waals surface area contributed by atoms with Crippen molar-refractivity contribution in [2.24, 2.45) is 5.73 Å². The molecule has 2 aromatic rings. The predicted octanol–water partition coefficient (Wildman–Crippen LogP) is 4.24. The Kier molecular flexibility index (Phi) is 4.16. The fourth-order valence-corrected chi connectivity index (χ4v) is 3.44. The van der Waals surface area contributed by atoms with Crippen LogP contribution >= 0.6 is 0 Å². The van der Waals surface area contributed by atoms with E-state index >= 15 is 0 Å². The van der Waals surface area contributed by atoms with Crippen LogP contribution in [0.3, 0.4) is 0 Å². The Labute approximate surface area is 137 Å². The van der Waals surface area contributed by atoms with E-state index in [0.717, 1.165) is 54.7 Å². The molecule has 0 fully saturated rings. The fraction of sp³-hybridized carbons (Fsp3) is 0.421. The van der Waals surface area contributed by atoms with Crippen molar-refractivity contribution in [3.05, 3.63) is 40.2 Å². The van der Waals surface area contributed by atoms with E-state index in [-0.39, 0.29) is 0 Å². The van der Waals surface area contributed by atoms with Crippen LogP contribution in [0.4, 0.5) is 5.69 Å². The van der Waals surface area contributed by atoms with Crippen molar-refractivity contribution in [1.29, 1.82) is 5.41 Å². The zero-order valence-corrected chi connectivity index (χ0v) is 14.3. The first-order valence-electron chi connectivity index (χ1n) is 8.46. The highest BCUT2D eigenvalue weighted by molar-refractivity contribution is 6.14. The van der Waals surface area contributed by atoms with Gasteiger partial charge < -0.3 is 16.0 Å². The molecular weight excluding hydrogens is 284 g/mol. The van der Waals surface area contributed by atoms with Crippen molar-refractivity contribution >= 4 is 22.3 Å². The summed E-state index contributed by atoms with van der Waals surface area (Å²) in [6.07, 6.45) is 4.03. The summed E-state index contributed by atoms with van der Waals surface area (Å²) in [6.45, 7) is 7.18. The summed E-state index contributed by atoms with van der Waals surface area (Å²) in [5, 5.41) is 13.3. The minimum absolute atomic E-state index is 0.564. The number of hydrogen-bond donors (Lipinski definition) is 4. The van der Waals surface area contributed by atoms with E-state index in [1.807, 2.05) is 6.92 Å². The van der Waals surface area contributed by atoms with Gasteiger partial charge in [0.1, 0.15) is 0 Å². The van der Waals surface area contributed by atoms with E-state index in [1.54, 1.807) is 0 Å². The number of aromatic amines is 1. The molecule has 0 radical (unpaired) electrons. The number of aromatic nitrogens is 1. The van der Waals surface area contributed by atoms with Gasteiger partial charge in [0, 0.05) is 28.8 Å². The first kappa shape index (κ1) is 15.7. The van der Waals surface area contributed by atoms with Crippen molar-refractivity contribution in [2.45, 2.75) is 46.5 Å². The minimum atomic E-state index is 0.564. The quantitative estimate of drug-likeness (QED) is 0.640. The van der Waals surface area contributed by atoms with Crippen LogP contribution in [0, 0.1) is 12.3 Å². The second-order valence-corrected chi connectivity index (χ2v) is 6.51. The topological polar surface area (TPSA) is 77.7 Å². The van der Waals surface area contributed by atoms with Crippen LogP contribution in [0.5, 0.6) is 0 Å². The van der Waals surface area contributed by atoms with Gasteiger partial charge in [-0.25, -0.2) is 0 Å². The maximum Gasteiger partial charge on any atom is 0.0826 e. The Bertz CT molecular complexity index is 791. The second kappa shape index (κ2) is 6.11. The summed E-state index contributed by atoms with van der Waals surface area (Å²) < 4.78 is 0. The lowest BCUT2D eigenvalue weighted by atomic mass is 10.0. The summed E-state index contributed by atoms with van der Waals surface area (Å²) in [7, 11) is 0. The van der Waals surface area contributed by atoms with Crippen LogP contribution in [0.15, 0.2) is 23.4 Å². The largest absolute Gasteiger partial charge is 0.402 e. The van der Waals surface area contributed by atoms with Crippen LogP contribution in [0.2, 0.25) is 0 Å². The van der Waals surface area contributed by atoms with Crippen molar-refractivity contribution in [3.8, 4) is 0 Å². The van der Waals surface area contributed by atoms with Crippen LogP contribution in [0.1, 0.15) is 49.9 Å². The molecule has 0 aliphatic heterocycles. The number of anilines is 1. The Morgan fingerprint density at radius 2 is 2.13 bits per heavy atom. The molecule has 4 heteroatoms.